The molecule has 0 radical (unpaired) electrons. The maximum atomic E-state index is 11.6. The first kappa shape index (κ1) is 14.0. The Hall–Kier alpha value is -2.44. The highest BCUT2D eigenvalue weighted by atomic mass is 16.5. The molecular weight excluding hydrogens is 262 g/mol. The van der Waals surface area contributed by atoms with E-state index in [1.54, 1.807) is 26.3 Å². The van der Waals surface area contributed by atoms with Crippen molar-refractivity contribution in [2.45, 2.75) is 6.04 Å². The number of carbonyl (C=O) groups excluding carboxylic acids is 1. The molecule has 0 spiro atoms. The number of aliphatic imine (C=N–C) groups is 1. The zero-order chi connectivity index (χ0) is 14.9. The Kier molecular flexibility index (Phi) is 3.69. The Morgan fingerprint density at radius 3 is 2.05 bits per heavy atom. The smallest absolute Gasteiger partial charge is 0.345 e. The van der Waals surface area contributed by atoms with Crippen LogP contribution in [0.15, 0.2) is 17.1 Å². The Morgan fingerprint density at radius 1 is 1.15 bits per heavy atom. The number of carbonyl (C=O) groups is 1. The van der Waals surface area contributed by atoms with Crippen molar-refractivity contribution in [1.82, 2.24) is 4.90 Å². The third-order valence-electron chi connectivity index (χ3n) is 3.22. The standard InChI is InChI=1S/C13H17N3O4/c1-16-11(12(14)15-13(16)17)10-8(19-3)5-7(18-2)6-9(10)20-4/h5-6,11H,1-4H3,(H2,14,15,17). The molecule has 20 heavy (non-hydrogen) atoms. The first-order valence-electron chi connectivity index (χ1n) is 5.94. The van der Waals surface area contributed by atoms with Gasteiger partial charge in [-0.25, -0.2) is 4.79 Å². The highest BCUT2D eigenvalue weighted by molar-refractivity contribution is 6.03. The predicted octanol–water partition coefficient (Wildman–Crippen LogP) is 1.18. The molecule has 108 valence electrons. The van der Waals surface area contributed by atoms with Crippen LogP contribution in [0.1, 0.15) is 11.6 Å². The second kappa shape index (κ2) is 5.28. The van der Waals surface area contributed by atoms with Gasteiger partial charge in [0, 0.05) is 19.2 Å². The second-order valence-corrected chi connectivity index (χ2v) is 4.28. The molecule has 2 N–H and O–H groups in total. The highest BCUT2D eigenvalue weighted by Crippen LogP contribution is 2.41. The van der Waals surface area contributed by atoms with Crippen molar-refractivity contribution >= 4 is 11.9 Å². The third-order valence-corrected chi connectivity index (χ3v) is 3.22. The van der Waals surface area contributed by atoms with Crippen LogP contribution in [0.25, 0.3) is 0 Å². The van der Waals surface area contributed by atoms with Gasteiger partial charge in [-0.1, -0.05) is 0 Å². The Bertz CT molecular complexity index is 546. The van der Waals surface area contributed by atoms with Gasteiger partial charge in [-0.2, -0.15) is 4.99 Å². The normalized spacial score (nSPS) is 18.0. The average Bonchev–Trinajstić information content (AvgIpc) is 2.70. The van der Waals surface area contributed by atoms with Gasteiger partial charge in [-0.05, 0) is 0 Å². The number of hydrogen-bond donors (Lipinski definition) is 1. The number of urea groups is 1. The van der Waals surface area contributed by atoms with Crippen molar-refractivity contribution in [3.05, 3.63) is 17.7 Å². The van der Waals surface area contributed by atoms with Crippen molar-refractivity contribution in [3.63, 3.8) is 0 Å². The fourth-order valence-electron chi connectivity index (χ4n) is 2.20. The van der Waals surface area contributed by atoms with Gasteiger partial charge in [-0.3, -0.25) is 0 Å². The highest BCUT2D eigenvalue weighted by Gasteiger charge is 2.36. The van der Waals surface area contributed by atoms with E-state index >= 15 is 0 Å². The number of ether oxygens (including phenoxy) is 3. The molecule has 0 bridgehead atoms. The van der Waals surface area contributed by atoms with E-state index in [9.17, 15) is 4.79 Å². The maximum absolute atomic E-state index is 11.6. The molecule has 7 heteroatoms. The molecule has 1 aromatic rings. The minimum atomic E-state index is -0.515. The van der Waals surface area contributed by atoms with Crippen LogP contribution in [0.2, 0.25) is 0 Å². The lowest BCUT2D eigenvalue weighted by Gasteiger charge is -2.24. The lowest BCUT2D eigenvalue weighted by atomic mass is 10.0. The van der Waals surface area contributed by atoms with E-state index in [-0.39, 0.29) is 5.84 Å². The summed E-state index contributed by atoms with van der Waals surface area (Å²) in [5.41, 5.74) is 6.50. The summed E-state index contributed by atoms with van der Waals surface area (Å²) < 4.78 is 15.9. The quantitative estimate of drug-likeness (QED) is 0.894. The summed E-state index contributed by atoms with van der Waals surface area (Å²) in [7, 11) is 6.23. The molecule has 0 saturated carbocycles. The molecule has 0 aromatic heterocycles. The van der Waals surface area contributed by atoms with Gasteiger partial charge in [0.05, 0.1) is 26.9 Å². The van der Waals surface area contributed by atoms with Crippen LogP contribution < -0.4 is 19.9 Å². The van der Waals surface area contributed by atoms with Crippen LogP contribution in [0, 0.1) is 0 Å². The number of methoxy groups -OCH3 is 3. The Morgan fingerprint density at radius 2 is 1.70 bits per heavy atom. The molecule has 1 heterocycles. The lowest BCUT2D eigenvalue weighted by molar-refractivity contribution is 0.217. The van der Waals surface area contributed by atoms with Gasteiger partial charge in [0.1, 0.15) is 29.1 Å². The van der Waals surface area contributed by atoms with Crippen molar-refractivity contribution in [1.29, 1.82) is 0 Å². The SMILES string of the molecule is COc1cc(OC)c(C2C(N)=NC(=O)N2C)c(OC)c1. The molecule has 1 aromatic carbocycles. The third kappa shape index (κ3) is 2.11. The molecule has 1 aliphatic rings. The van der Waals surface area contributed by atoms with Crippen LogP contribution in [-0.4, -0.2) is 45.1 Å². The van der Waals surface area contributed by atoms with Gasteiger partial charge < -0.3 is 24.8 Å². The molecule has 2 rings (SSSR count). The van der Waals surface area contributed by atoms with Crippen molar-refractivity contribution in [2.75, 3.05) is 28.4 Å². The van der Waals surface area contributed by atoms with E-state index in [1.165, 1.54) is 19.1 Å². The van der Waals surface area contributed by atoms with Crippen molar-refractivity contribution < 1.29 is 19.0 Å². The van der Waals surface area contributed by atoms with Crippen LogP contribution >= 0.6 is 0 Å². The molecule has 1 atom stereocenters. The van der Waals surface area contributed by atoms with Crippen LogP contribution in [0.4, 0.5) is 4.79 Å². The number of nitrogens with zero attached hydrogens (tertiary/aromatic N) is 2. The molecule has 1 unspecified atom stereocenters. The van der Waals surface area contributed by atoms with Gasteiger partial charge in [0.15, 0.2) is 0 Å². The number of hydrogen-bond acceptors (Lipinski definition) is 5. The van der Waals surface area contributed by atoms with E-state index in [0.29, 0.717) is 22.8 Å². The predicted molar refractivity (Wildman–Crippen MR) is 73.6 cm³/mol. The molecule has 0 fully saturated rings. The van der Waals surface area contributed by atoms with E-state index < -0.39 is 12.1 Å². The van der Waals surface area contributed by atoms with Gasteiger partial charge >= 0.3 is 6.03 Å². The maximum Gasteiger partial charge on any atom is 0.345 e. The van der Waals surface area contributed by atoms with Crippen molar-refractivity contribution in [2.24, 2.45) is 10.7 Å². The summed E-state index contributed by atoms with van der Waals surface area (Å²) >= 11 is 0. The largest absolute Gasteiger partial charge is 0.496 e. The fraction of sp³-hybridized carbons (Fsp3) is 0.385. The average molecular weight is 279 g/mol. The lowest BCUT2D eigenvalue weighted by Crippen LogP contribution is -2.30. The number of nitrogens with two attached hydrogens (primary N) is 1. The number of rotatable bonds is 4. The van der Waals surface area contributed by atoms with E-state index in [0.717, 1.165) is 0 Å². The van der Waals surface area contributed by atoms with Gasteiger partial charge in [0.25, 0.3) is 0 Å². The molecule has 0 saturated heterocycles. The minimum Gasteiger partial charge on any atom is -0.496 e. The zero-order valence-corrected chi connectivity index (χ0v) is 11.8. The van der Waals surface area contributed by atoms with Crippen LogP contribution in [0.3, 0.4) is 0 Å². The molecule has 7 nitrogen and oxygen atoms in total. The molecule has 2 amide bonds. The van der Waals surface area contributed by atoms with Gasteiger partial charge in [-0.15, -0.1) is 0 Å². The van der Waals surface area contributed by atoms with Crippen molar-refractivity contribution in [3.8, 4) is 17.2 Å². The fourth-order valence-corrected chi connectivity index (χ4v) is 2.20. The summed E-state index contributed by atoms with van der Waals surface area (Å²) in [6, 6.07) is 2.51. The molecule has 1 aliphatic heterocycles. The molecule has 0 aliphatic carbocycles. The van der Waals surface area contributed by atoms with E-state index in [4.69, 9.17) is 19.9 Å². The number of amidine groups is 1. The first-order chi connectivity index (χ1) is 9.53. The van der Waals surface area contributed by atoms with Gasteiger partial charge in [0.2, 0.25) is 0 Å². The monoisotopic (exact) mass is 279 g/mol. The van der Waals surface area contributed by atoms with E-state index in [1.807, 2.05) is 0 Å². The van der Waals surface area contributed by atoms with Crippen LogP contribution in [-0.2, 0) is 0 Å². The topological polar surface area (TPSA) is 86.4 Å². The Labute approximate surface area is 116 Å². The summed E-state index contributed by atoms with van der Waals surface area (Å²) in [6.45, 7) is 0. The zero-order valence-electron chi connectivity index (χ0n) is 11.8. The van der Waals surface area contributed by atoms with E-state index in [2.05, 4.69) is 4.99 Å². The van der Waals surface area contributed by atoms with Crippen LogP contribution in [0.5, 0.6) is 17.2 Å². The molecular formula is C13H17N3O4. The number of benzene rings is 1. The summed E-state index contributed by atoms with van der Waals surface area (Å²) in [4.78, 5) is 16.8. The Balaban J connectivity index is 2.61. The summed E-state index contributed by atoms with van der Waals surface area (Å²) in [5.74, 6) is 1.83. The number of amides is 2. The second-order valence-electron chi connectivity index (χ2n) is 4.28. The number of likely N-dealkylation sites (N-methyl/N-ethyl adjacent to an activating group) is 1. The summed E-state index contributed by atoms with van der Waals surface area (Å²) in [6.07, 6.45) is 0. The summed E-state index contributed by atoms with van der Waals surface area (Å²) in [5, 5.41) is 0. The minimum absolute atomic E-state index is 0.208. The first-order valence-corrected chi connectivity index (χ1v) is 5.94.